The first-order valence-corrected chi connectivity index (χ1v) is 10.8. The molecule has 1 aromatic rings. The Balaban J connectivity index is 1.84. The molecule has 1 aromatic heterocycles. The minimum atomic E-state index is 0.0502. The second kappa shape index (κ2) is 9.52. The van der Waals surface area contributed by atoms with Gasteiger partial charge in [-0.25, -0.2) is 0 Å². The molecule has 0 spiro atoms. The Morgan fingerprint density at radius 1 is 1.16 bits per heavy atom. The van der Waals surface area contributed by atoms with Crippen LogP contribution in [-0.4, -0.2) is 44.7 Å². The number of hydrogen-bond acceptors (Lipinski definition) is 6. The van der Waals surface area contributed by atoms with Crippen LogP contribution in [0, 0.1) is 5.92 Å². The first kappa shape index (κ1) is 20.2. The van der Waals surface area contributed by atoms with Crippen molar-refractivity contribution < 1.29 is 9.59 Å². The van der Waals surface area contributed by atoms with E-state index >= 15 is 0 Å². The van der Waals surface area contributed by atoms with Crippen LogP contribution in [0.4, 0.5) is 5.13 Å². The Hall–Kier alpha value is -1.15. The number of hydrogen-bond donors (Lipinski definition) is 1. The number of aromatic nitrogens is 2. The molecule has 1 N–H and O–H groups in total. The minimum Gasteiger partial charge on any atom is -0.337 e. The number of carbonyl (C=O) groups is 2. The predicted molar refractivity (Wildman–Crippen MR) is 103 cm³/mol. The fourth-order valence-corrected chi connectivity index (χ4v) is 4.89. The van der Waals surface area contributed by atoms with Crippen molar-refractivity contribution >= 4 is 40.0 Å². The zero-order chi connectivity index (χ0) is 18.4. The quantitative estimate of drug-likeness (QED) is 0.572. The van der Waals surface area contributed by atoms with Crippen LogP contribution in [0.15, 0.2) is 4.34 Å². The van der Waals surface area contributed by atoms with E-state index in [0.29, 0.717) is 15.2 Å². The summed E-state index contributed by atoms with van der Waals surface area (Å²) in [5, 5.41) is 11.5. The molecule has 1 saturated carbocycles. The van der Waals surface area contributed by atoms with Gasteiger partial charge >= 0.3 is 0 Å². The molecule has 2 amide bonds. The van der Waals surface area contributed by atoms with Crippen LogP contribution in [-0.2, 0) is 9.59 Å². The van der Waals surface area contributed by atoms with Gasteiger partial charge in [-0.15, -0.1) is 10.2 Å². The monoisotopic (exact) mass is 384 g/mol. The van der Waals surface area contributed by atoms with Crippen molar-refractivity contribution in [1.82, 2.24) is 15.1 Å². The predicted octanol–water partition coefficient (Wildman–Crippen LogP) is 3.79. The van der Waals surface area contributed by atoms with Crippen LogP contribution in [0.3, 0.4) is 0 Å². The van der Waals surface area contributed by atoms with Crippen molar-refractivity contribution in [3.8, 4) is 0 Å². The van der Waals surface area contributed by atoms with Crippen LogP contribution in [0.1, 0.15) is 59.8 Å². The van der Waals surface area contributed by atoms with Crippen molar-refractivity contribution in [2.24, 2.45) is 5.92 Å². The first-order chi connectivity index (χ1) is 11.9. The summed E-state index contributed by atoms with van der Waals surface area (Å²) in [5.74, 6) is 0.579. The molecule has 6 nitrogen and oxygen atoms in total. The van der Waals surface area contributed by atoms with Gasteiger partial charge in [0.15, 0.2) is 4.34 Å². The molecule has 0 aliphatic heterocycles. The molecule has 0 atom stereocenters. The van der Waals surface area contributed by atoms with Gasteiger partial charge in [0.05, 0.1) is 5.75 Å². The van der Waals surface area contributed by atoms with Gasteiger partial charge in [0.25, 0.3) is 0 Å². The number of nitrogens with zero attached hydrogens (tertiary/aromatic N) is 3. The van der Waals surface area contributed by atoms with Crippen molar-refractivity contribution in [3.05, 3.63) is 0 Å². The smallest absolute Gasteiger partial charge is 0.233 e. The van der Waals surface area contributed by atoms with E-state index in [1.165, 1.54) is 29.5 Å². The largest absolute Gasteiger partial charge is 0.337 e. The van der Waals surface area contributed by atoms with Gasteiger partial charge in [-0.1, -0.05) is 42.4 Å². The van der Waals surface area contributed by atoms with Crippen molar-refractivity contribution in [2.75, 3.05) is 11.1 Å². The van der Waals surface area contributed by atoms with Crippen LogP contribution in [0.5, 0.6) is 0 Å². The van der Waals surface area contributed by atoms with E-state index in [4.69, 9.17) is 0 Å². The SMILES string of the molecule is CC(C)N(C(=O)CSc1nnc(NC(=O)C2CCCCC2)s1)C(C)C. The summed E-state index contributed by atoms with van der Waals surface area (Å²) in [6.45, 7) is 8.08. The van der Waals surface area contributed by atoms with Gasteiger partial charge in [0.1, 0.15) is 0 Å². The maximum absolute atomic E-state index is 12.4. The van der Waals surface area contributed by atoms with Crippen molar-refractivity contribution in [2.45, 2.75) is 76.2 Å². The highest BCUT2D eigenvalue weighted by atomic mass is 32.2. The lowest BCUT2D eigenvalue weighted by atomic mass is 9.89. The molecule has 8 heteroatoms. The second-order valence-corrected chi connectivity index (χ2v) is 9.17. The summed E-state index contributed by atoms with van der Waals surface area (Å²) in [4.78, 5) is 26.5. The van der Waals surface area contributed by atoms with Crippen LogP contribution < -0.4 is 5.32 Å². The standard InChI is InChI=1S/C17H28N4O2S2/c1-11(2)21(12(3)4)14(22)10-24-17-20-19-16(25-17)18-15(23)13-8-6-5-7-9-13/h11-13H,5-10H2,1-4H3,(H,18,19,23). The molecule has 1 aliphatic rings. The summed E-state index contributed by atoms with van der Waals surface area (Å²) >= 11 is 2.71. The lowest BCUT2D eigenvalue weighted by Gasteiger charge is -2.30. The summed E-state index contributed by atoms with van der Waals surface area (Å²) in [6.07, 6.45) is 5.39. The fraction of sp³-hybridized carbons (Fsp3) is 0.765. The Labute approximate surface area is 158 Å². The van der Waals surface area contributed by atoms with E-state index in [2.05, 4.69) is 15.5 Å². The van der Waals surface area contributed by atoms with E-state index in [0.717, 1.165) is 25.7 Å². The van der Waals surface area contributed by atoms with E-state index in [-0.39, 0.29) is 29.8 Å². The molecule has 0 radical (unpaired) electrons. The number of thioether (sulfide) groups is 1. The molecule has 0 unspecified atom stereocenters. The third-order valence-electron chi connectivity index (χ3n) is 4.33. The average Bonchev–Trinajstić information content (AvgIpc) is 3.00. The van der Waals surface area contributed by atoms with Crippen molar-refractivity contribution in [1.29, 1.82) is 0 Å². The molecule has 0 saturated heterocycles. The molecular formula is C17H28N4O2S2. The third kappa shape index (κ3) is 5.95. The summed E-state index contributed by atoms with van der Waals surface area (Å²) in [7, 11) is 0. The highest BCUT2D eigenvalue weighted by Crippen LogP contribution is 2.28. The number of amides is 2. The van der Waals surface area contributed by atoms with Gasteiger partial charge in [-0.2, -0.15) is 0 Å². The Morgan fingerprint density at radius 3 is 2.40 bits per heavy atom. The Bertz CT molecular complexity index is 575. The summed E-state index contributed by atoms with van der Waals surface area (Å²) in [5.41, 5.74) is 0. The molecule has 1 heterocycles. The topological polar surface area (TPSA) is 75.2 Å². The third-order valence-corrected chi connectivity index (χ3v) is 6.29. The zero-order valence-electron chi connectivity index (χ0n) is 15.4. The van der Waals surface area contributed by atoms with E-state index in [1.807, 2.05) is 32.6 Å². The van der Waals surface area contributed by atoms with Crippen LogP contribution in [0.2, 0.25) is 0 Å². The molecule has 0 bridgehead atoms. The average molecular weight is 385 g/mol. The molecule has 140 valence electrons. The second-order valence-electron chi connectivity index (χ2n) is 6.97. The van der Waals surface area contributed by atoms with Gasteiger partial charge in [0.2, 0.25) is 16.9 Å². The molecule has 2 rings (SSSR count). The molecular weight excluding hydrogens is 356 g/mol. The van der Waals surface area contributed by atoms with Gasteiger partial charge in [0, 0.05) is 18.0 Å². The summed E-state index contributed by atoms with van der Waals surface area (Å²) in [6, 6.07) is 0.348. The fourth-order valence-electron chi connectivity index (χ4n) is 3.26. The number of anilines is 1. The molecule has 0 aromatic carbocycles. The number of rotatable bonds is 7. The number of nitrogens with one attached hydrogen (secondary N) is 1. The lowest BCUT2D eigenvalue weighted by molar-refractivity contribution is -0.131. The van der Waals surface area contributed by atoms with Gasteiger partial charge in [-0.05, 0) is 40.5 Å². The van der Waals surface area contributed by atoms with E-state index < -0.39 is 0 Å². The minimum absolute atomic E-state index is 0.0502. The maximum atomic E-state index is 12.4. The van der Waals surface area contributed by atoms with Crippen LogP contribution in [0.25, 0.3) is 0 Å². The molecule has 1 fully saturated rings. The van der Waals surface area contributed by atoms with Crippen molar-refractivity contribution in [3.63, 3.8) is 0 Å². The van der Waals surface area contributed by atoms with Gasteiger partial charge < -0.3 is 10.2 Å². The van der Waals surface area contributed by atoms with E-state index in [1.54, 1.807) is 0 Å². The first-order valence-electron chi connectivity index (χ1n) is 8.96. The van der Waals surface area contributed by atoms with E-state index in [9.17, 15) is 9.59 Å². The lowest BCUT2D eigenvalue weighted by Crippen LogP contribution is -2.43. The normalized spacial score (nSPS) is 15.6. The highest BCUT2D eigenvalue weighted by molar-refractivity contribution is 8.01. The number of carbonyl (C=O) groups excluding carboxylic acids is 2. The molecule has 1 aliphatic carbocycles. The maximum Gasteiger partial charge on any atom is 0.233 e. The summed E-state index contributed by atoms with van der Waals surface area (Å²) < 4.78 is 0.708. The van der Waals surface area contributed by atoms with Gasteiger partial charge in [-0.3, -0.25) is 9.59 Å². The zero-order valence-corrected chi connectivity index (χ0v) is 17.1. The highest BCUT2D eigenvalue weighted by Gasteiger charge is 2.23. The Morgan fingerprint density at radius 2 is 1.80 bits per heavy atom. The molecule has 25 heavy (non-hydrogen) atoms. The Kier molecular flexibility index (Phi) is 7.68. The van der Waals surface area contributed by atoms with Crippen LogP contribution >= 0.6 is 23.1 Å².